The molecule has 32 heavy (non-hydrogen) atoms. The van der Waals surface area contributed by atoms with Gasteiger partial charge in [0.1, 0.15) is 5.75 Å². The molecule has 0 saturated carbocycles. The number of carbonyl (C=O) groups excluding carboxylic acids is 1. The first kappa shape index (κ1) is 22.8. The van der Waals surface area contributed by atoms with Crippen molar-refractivity contribution in [1.29, 1.82) is 0 Å². The molecule has 2 heterocycles. The number of sulfonamides is 1. The summed E-state index contributed by atoms with van der Waals surface area (Å²) in [6, 6.07) is 14.4. The monoisotopic (exact) mass is 457 g/mol. The van der Waals surface area contributed by atoms with E-state index in [0.29, 0.717) is 25.2 Å². The van der Waals surface area contributed by atoms with Gasteiger partial charge in [0.15, 0.2) is 0 Å². The van der Waals surface area contributed by atoms with Gasteiger partial charge in [-0.25, -0.2) is 8.42 Å². The summed E-state index contributed by atoms with van der Waals surface area (Å²) in [5.74, 6) is 0.537. The number of likely N-dealkylation sites (tertiary alicyclic amines) is 1. The molecule has 8 heteroatoms. The normalized spacial score (nSPS) is 18.5. The number of benzene rings is 2. The zero-order valence-electron chi connectivity index (χ0n) is 18.5. The van der Waals surface area contributed by atoms with Gasteiger partial charge in [-0.05, 0) is 74.7 Å². The summed E-state index contributed by atoms with van der Waals surface area (Å²) in [5, 5.41) is 3.03. The van der Waals surface area contributed by atoms with Crippen molar-refractivity contribution in [2.24, 2.45) is 0 Å². The fourth-order valence-electron chi connectivity index (χ4n) is 4.50. The largest absolute Gasteiger partial charge is 0.497 e. The summed E-state index contributed by atoms with van der Waals surface area (Å²) >= 11 is 0. The quantitative estimate of drug-likeness (QED) is 0.659. The van der Waals surface area contributed by atoms with Crippen molar-refractivity contribution in [3.05, 3.63) is 59.7 Å². The number of ether oxygens (including phenoxy) is 1. The molecule has 0 aliphatic carbocycles. The Labute approximate surface area is 190 Å². The van der Waals surface area contributed by atoms with Crippen molar-refractivity contribution in [3.8, 4) is 5.75 Å². The van der Waals surface area contributed by atoms with Crippen LogP contribution in [0, 0.1) is 0 Å². The molecule has 1 N–H and O–H groups in total. The summed E-state index contributed by atoms with van der Waals surface area (Å²) in [6.45, 7) is 3.52. The second kappa shape index (κ2) is 10.0. The lowest BCUT2D eigenvalue weighted by Gasteiger charge is -2.28. The van der Waals surface area contributed by atoms with Crippen LogP contribution in [0.1, 0.15) is 47.6 Å². The molecule has 0 spiro atoms. The number of amides is 1. The SMILES string of the molecule is COc1ccc([C@@H](CNC(=O)c2cccc(S(=O)(=O)N3CCCC3)c2)N2CCCC2)cc1. The Morgan fingerprint density at radius 2 is 1.66 bits per heavy atom. The van der Waals surface area contributed by atoms with Crippen LogP contribution in [0.5, 0.6) is 5.75 Å². The van der Waals surface area contributed by atoms with Crippen molar-refractivity contribution >= 4 is 15.9 Å². The molecule has 0 bridgehead atoms. The fourth-order valence-corrected chi connectivity index (χ4v) is 6.07. The lowest BCUT2D eigenvalue weighted by atomic mass is 10.0. The lowest BCUT2D eigenvalue weighted by molar-refractivity contribution is 0.0937. The van der Waals surface area contributed by atoms with Crippen LogP contribution in [0.4, 0.5) is 0 Å². The van der Waals surface area contributed by atoms with E-state index in [9.17, 15) is 13.2 Å². The Morgan fingerprint density at radius 1 is 1.00 bits per heavy atom. The van der Waals surface area contributed by atoms with Crippen LogP contribution in [0.25, 0.3) is 0 Å². The van der Waals surface area contributed by atoms with E-state index in [2.05, 4.69) is 10.2 Å². The van der Waals surface area contributed by atoms with Crippen molar-refractivity contribution in [2.45, 2.75) is 36.6 Å². The number of carbonyl (C=O) groups is 1. The molecule has 2 saturated heterocycles. The zero-order valence-corrected chi connectivity index (χ0v) is 19.3. The van der Waals surface area contributed by atoms with Crippen LogP contribution >= 0.6 is 0 Å². The third-order valence-electron chi connectivity index (χ3n) is 6.34. The molecular formula is C24H31N3O4S. The van der Waals surface area contributed by atoms with Crippen LogP contribution in [-0.4, -0.2) is 63.4 Å². The van der Waals surface area contributed by atoms with Gasteiger partial charge in [0.05, 0.1) is 18.0 Å². The van der Waals surface area contributed by atoms with Crippen molar-refractivity contribution in [2.75, 3.05) is 39.8 Å². The second-order valence-electron chi connectivity index (χ2n) is 8.38. The molecule has 1 atom stereocenters. The third-order valence-corrected chi connectivity index (χ3v) is 8.23. The highest BCUT2D eigenvalue weighted by Crippen LogP contribution is 2.27. The van der Waals surface area contributed by atoms with Gasteiger partial charge in [0.2, 0.25) is 10.0 Å². The molecule has 0 aromatic heterocycles. The molecule has 7 nitrogen and oxygen atoms in total. The van der Waals surface area contributed by atoms with Crippen LogP contribution in [-0.2, 0) is 10.0 Å². The van der Waals surface area contributed by atoms with E-state index in [0.717, 1.165) is 50.1 Å². The van der Waals surface area contributed by atoms with E-state index in [-0.39, 0.29) is 16.8 Å². The Morgan fingerprint density at radius 3 is 2.31 bits per heavy atom. The first-order valence-electron chi connectivity index (χ1n) is 11.3. The van der Waals surface area contributed by atoms with Gasteiger partial charge in [-0.1, -0.05) is 18.2 Å². The van der Waals surface area contributed by atoms with Crippen molar-refractivity contribution < 1.29 is 17.9 Å². The number of hydrogen-bond donors (Lipinski definition) is 1. The maximum absolute atomic E-state index is 12.9. The van der Waals surface area contributed by atoms with E-state index in [1.807, 2.05) is 24.3 Å². The number of rotatable bonds is 8. The minimum atomic E-state index is -3.56. The van der Waals surface area contributed by atoms with E-state index in [1.54, 1.807) is 25.3 Å². The Bertz CT molecular complexity index is 1030. The molecule has 172 valence electrons. The Balaban J connectivity index is 1.48. The number of nitrogens with zero attached hydrogens (tertiary/aromatic N) is 2. The lowest BCUT2D eigenvalue weighted by Crippen LogP contribution is -2.37. The van der Waals surface area contributed by atoms with Crippen LogP contribution in [0.15, 0.2) is 53.4 Å². The van der Waals surface area contributed by atoms with Crippen molar-refractivity contribution in [3.63, 3.8) is 0 Å². The highest BCUT2D eigenvalue weighted by molar-refractivity contribution is 7.89. The molecule has 2 aliphatic rings. The van der Waals surface area contributed by atoms with Gasteiger partial charge in [-0.3, -0.25) is 9.69 Å². The zero-order chi connectivity index (χ0) is 22.6. The van der Waals surface area contributed by atoms with Crippen molar-refractivity contribution in [1.82, 2.24) is 14.5 Å². The molecule has 4 rings (SSSR count). The predicted molar refractivity (Wildman–Crippen MR) is 123 cm³/mol. The number of hydrogen-bond acceptors (Lipinski definition) is 5. The maximum Gasteiger partial charge on any atom is 0.251 e. The van der Waals surface area contributed by atoms with Gasteiger partial charge in [0, 0.05) is 25.2 Å². The standard InChI is InChI=1S/C24H31N3O4S/c1-31-21-11-9-19(10-12-21)23(26-13-2-3-14-26)18-25-24(28)20-7-6-8-22(17-20)32(29,30)27-15-4-5-16-27/h6-12,17,23H,2-5,13-16,18H2,1H3,(H,25,28)/t23-/m1/s1. The maximum atomic E-state index is 12.9. The van der Waals surface area contributed by atoms with E-state index < -0.39 is 10.0 Å². The molecule has 1 amide bonds. The molecule has 2 fully saturated rings. The summed E-state index contributed by atoms with van der Waals surface area (Å²) in [7, 11) is -1.91. The topological polar surface area (TPSA) is 78.9 Å². The molecule has 0 radical (unpaired) electrons. The first-order chi connectivity index (χ1) is 15.5. The van der Waals surface area contributed by atoms with Gasteiger partial charge < -0.3 is 10.1 Å². The predicted octanol–water partition coefficient (Wildman–Crippen LogP) is 3.05. The number of nitrogens with one attached hydrogen (secondary N) is 1. The third kappa shape index (κ3) is 4.98. The second-order valence-corrected chi connectivity index (χ2v) is 10.3. The summed E-state index contributed by atoms with van der Waals surface area (Å²) in [4.78, 5) is 15.5. The molecular weight excluding hydrogens is 426 g/mol. The van der Waals surface area contributed by atoms with Gasteiger partial charge in [-0.2, -0.15) is 4.31 Å². The van der Waals surface area contributed by atoms with Gasteiger partial charge in [0.25, 0.3) is 5.91 Å². The van der Waals surface area contributed by atoms with E-state index >= 15 is 0 Å². The molecule has 2 aliphatic heterocycles. The average Bonchev–Trinajstić information content (AvgIpc) is 3.55. The molecule has 2 aromatic carbocycles. The molecule has 2 aromatic rings. The Hall–Kier alpha value is -2.42. The van der Waals surface area contributed by atoms with Crippen LogP contribution < -0.4 is 10.1 Å². The van der Waals surface area contributed by atoms with E-state index in [1.165, 1.54) is 10.4 Å². The van der Waals surface area contributed by atoms with Crippen LogP contribution in [0.3, 0.4) is 0 Å². The fraction of sp³-hybridized carbons (Fsp3) is 0.458. The van der Waals surface area contributed by atoms with Crippen LogP contribution in [0.2, 0.25) is 0 Å². The highest BCUT2D eigenvalue weighted by Gasteiger charge is 2.28. The average molecular weight is 458 g/mol. The summed E-state index contributed by atoms with van der Waals surface area (Å²) in [5.41, 5.74) is 1.48. The smallest absolute Gasteiger partial charge is 0.251 e. The van der Waals surface area contributed by atoms with E-state index in [4.69, 9.17) is 4.74 Å². The summed E-state index contributed by atoms with van der Waals surface area (Å²) in [6.07, 6.45) is 4.05. The summed E-state index contributed by atoms with van der Waals surface area (Å²) < 4.78 is 32.5. The van der Waals surface area contributed by atoms with Gasteiger partial charge >= 0.3 is 0 Å². The van der Waals surface area contributed by atoms with Gasteiger partial charge in [-0.15, -0.1) is 0 Å². The number of methoxy groups -OCH3 is 1. The minimum absolute atomic E-state index is 0.0591. The minimum Gasteiger partial charge on any atom is -0.497 e. The Kier molecular flexibility index (Phi) is 7.13. The highest BCUT2D eigenvalue weighted by atomic mass is 32.2. The molecule has 0 unspecified atom stereocenters. The first-order valence-corrected chi connectivity index (χ1v) is 12.7.